The third-order valence-corrected chi connectivity index (χ3v) is 5.41. The van der Waals surface area contributed by atoms with Crippen molar-refractivity contribution in [2.24, 2.45) is 0 Å². The molecule has 0 bridgehead atoms. The number of anilines is 1. The van der Waals surface area contributed by atoms with Crippen LogP contribution < -0.4 is 4.72 Å². The number of halogens is 2. The van der Waals surface area contributed by atoms with E-state index >= 15 is 0 Å². The van der Waals surface area contributed by atoms with Crippen molar-refractivity contribution >= 4 is 38.6 Å². The van der Waals surface area contributed by atoms with Crippen molar-refractivity contribution in [3.05, 3.63) is 46.0 Å². The molecule has 0 aliphatic carbocycles. The van der Waals surface area contributed by atoms with Crippen LogP contribution in [-0.4, -0.2) is 13.5 Å². The first-order chi connectivity index (χ1) is 8.92. The Balaban J connectivity index is 2.28. The van der Waals surface area contributed by atoms with Gasteiger partial charge in [0.2, 0.25) is 0 Å². The molecule has 2 rings (SSSR count). The molecule has 0 atom stereocenters. The summed E-state index contributed by atoms with van der Waals surface area (Å²) in [6, 6.07) is 4.92. The molecular weight excluding hydrogens is 313 g/mol. The van der Waals surface area contributed by atoms with E-state index in [-0.39, 0.29) is 21.5 Å². The van der Waals surface area contributed by atoms with Gasteiger partial charge in [-0.1, -0.05) is 11.6 Å². The van der Waals surface area contributed by atoms with Gasteiger partial charge in [0.25, 0.3) is 10.0 Å². The van der Waals surface area contributed by atoms with Crippen LogP contribution in [0.25, 0.3) is 0 Å². The van der Waals surface area contributed by atoms with Crippen molar-refractivity contribution in [2.45, 2.75) is 10.8 Å². The van der Waals surface area contributed by atoms with Crippen molar-refractivity contribution in [1.29, 1.82) is 0 Å². The van der Waals surface area contributed by atoms with Gasteiger partial charge < -0.3 is 5.11 Å². The molecule has 1 heterocycles. The van der Waals surface area contributed by atoms with E-state index in [1.165, 1.54) is 18.2 Å². The van der Waals surface area contributed by atoms with Crippen LogP contribution in [0.4, 0.5) is 10.1 Å². The summed E-state index contributed by atoms with van der Waals surface area (Å²) in [7, 11) is -3.76. The number of aliphatic hydroxyl groups excluding tert-OH is 1. The first-order valence-electron chi connectivity index (χ1n) is 5.08. The molecule has 2 N–H and O–H groups in total. The Morgan fingerprint density at radius 1 is 1.37 bits per heavy atom. The van der Waals surface area contributed by atoms with Gasteiger partial charge in [-0.15, -0.1) is 11.3 Å². The maximum atomic E-state index is 13.0. The van der Waals surface area contributed by atoms with E-state index < -0.39 is 15.8 Å². The molecule has 1 aromatic heterocycles. The molecule has 0 radical (unpaired) electrons. The molecule has 0 aliphatic rings. The highest BCUT2D eigenvalue weighted by atomic mass is 35.5. The minimum absolute atomic E-state index is 0.0667. The second kappa shape index (κ2) is 5.46. The zero-order valence-electron chi connectivity index (χ0n) is 9.43. The van der Waals surface area contributed by atoms with E-state index in [9.17, 15) is 12.8 Å². The summed E-state index contributed by atoms with van der Waals surface area (Å²) in [5.74, 6) is -0.622. The monoisotopic (exact) mass is 321 g/mol. The predicted molar refractivity (Wildman–Crippen MR) is 72.5 cm³/mol. The van der Waals surface area contributed by atoms with Crippen molar-refractivity contribution < 1.29 is 17.9 Å². The summed E-state index contributed by atoms with van der Waals surface area (Å²) in [5.41, 5.74) is 0.688. The topological polar surface area (TPSA) is 66.4 Å². The maximum Gasteiger partial charge on any atom is 0.271 e. The van der Waals surface area contributed by atoms with E-state index in [2.05, 4.69) is 4.72 Å². The number of nitrogens with one attached hydrogen (secondary N) is 1. The van der Waals surface area contributed by atoms with E-state index in [0.717, 1.165) is 17.4 Å². The first kappa shape index (κ1) is 14.3. The Hall–Kier alpha value is -1.15. The quantitative estimate of drug-likeness (QED) is 0.910. The first-order valence-corrected chi connectivity index (χ1v) is 7.82. The zero-order chi connectivity index (χ0) is 14.0. The molecule has 19 heavy (non-hydrogen) atoms. The van der Waals surface area contributed by atoms with Gasteiger partial charge in [0.1, 0.15) is 10.0 Å². The minimum atomic E-state index is -3.76. The van der Waals surface area contributed by atoms with Crippen molar-refractivity contribution in [2.75, 3.05) is 4.72 Å². The van der Waals surface area contributed by atoms with Gasteiger partial charge in [0, 0.05) is 0 Å². The second-order valence-corrected chi connectivity index (χ2v) is 6.89. The van der Waals surface area contributed by atoms with E-state index in [1.807, 2.05) is 0 Å². The molecule has 0 spiro atoms. The lowest BCUT2D eigenvalue weighted by atomic mass is 10.3. The maximum absolute atomic E-state index is 13.0. The summed E-state index contributed by atoms with van der Waals surface area (Å²) in [6.07, 6.45) is 0. The van der Waals surface area contributed by atoms with Crippen molar-refractivity contribution in [3.63, 3.8) is 0 Å². The fourth-order valence-electron chi connectivity index (χ4n) is 1.34. The summed E-state index contributed by atoms with van der Waals surface area (Å²) in [4.78, 5) is 0. The van der Waals surface area contributed by atoms with Crippen LogP contribution in [0.15, 0.2) is 33.9 Å². The van der Waals surface area contributed by atoms with E-state index in [1.54, 1.807) is 5.38 Å². The van der Waals surface area contributed by atoms with Gasteiger partial charge in [-0.05, 0) is 35.2 Å². The van der Waals surface area contributed by atoms with Crippen molar-refractivity contribution in [3.8, 4) is 0 Å². The lowest BCUT2D eigenvalue weighted by Gasteiger charge is -2.06. The number of rotatable bonds is 4. The largest absolute Gasteiger partial charge is 0.392 e. The highest BCUT2D eigenvalue weighted by Crippen LogP contribution is 2.25. The lowest BCUT2D eigenvalue weighted by molar-refractivity contribution is 0.282. The van der Waals surface area contributed by atoms with Crippen LogP contribution >= 0.6 is 22.9 Å². The summed E-state index contributed by atoms with van der Waals surface area (Å²) in [5, 5.41) is 10.3. The fourth-order valence-corrected chi connectivity index (χ4v) is 3.77. The standard InChI is InChI=1S/C11H9ClFNO3S2/c12-9-4-8(1-2-10(9)13)14-19(16,17)11-3-7(5-15)6-18-11/h1-4,6,14-15H,5H2. The van der Waals surface area contributed by atoms with Gasteiger partial charge in [0.15, 0.2) is 0 Å². The summed E-state index contributed by atoms with van der Waals surface area (Å²) < 4.78 is 39.3. The van der Waals surface area contributed by atoms with Gasteiger partial charge in [0.05, 0.1) is 17.3 Å². The number of thiophene rings is 1. The average Bonchev–Trinajstić information content (AvgIpc) is 2.83. The number of hydrogen-bond acceptors (Lipinski definition) is 4. The van der Waals surface area contributed by atoms with Gasteiger partial charge >= 0.3 is 0 Å². The number of hydrogen-bond donors (Lipinski definition) is 2. The van der Waals surface area contributed by atoms with Gasteiger partial charge in [-0.3, -0.25) is 4.72 Å². The SMILES string of the molecule is O=S(=O)(Nc1ccc(F)c(Cl)c1)c1cc(CO)cs1. The summed E-state index contributed by atoms with van der Waals surface area (Å²) in [6.45, 7) is -0.228. The Labute approximate surface area is 118 Å². The molecule has 0 fully saturated rings. The Morgan fingerprint density at radius 2 is 2.11 bits per heavy atom. The Morgan fingerprint density at radius 3 is 2.68 bits per heavy atom. The molecule has 102 valence electrons. The molecule has 0 aliphatic heterocycles. The smallest absolute Gasteiger partial charge is 0.271 e. The highest BCUT2D eigenvalue weighted by molar-refractivity contribution is 7.94. The van der Waals surface area contributed by atoms with Crippen LogP contribution in [0.1, 0.15) is 5.56 Å². The average molecular weight is 322 g/mol. The van der Waals surface area contributed by atoms with Crippen LogP contribution in [0.3, 0.4) is 0 Å². The normalized spacial score (nSPS) is 11.5. The van der Waals surface area contributed by atoms with Gasteiger partial charge in [-0.25, -0.2) is 12.8 Å². The molecule has 4 nitrogen and oxygen atoms in total. The third-order valence-electron chi connectivity index (χ3n) is 2.25. The highest BCUT2D eigenvalue weighted by Gasteiger charge is 2.17. The van der Waals surface area contributed by atoms with Crippen molar-refractivity contribution in [1.82, 2.24) is 0 Å². The third kappa shape index (κ3) is 3.24. The molecule has 1 aromatic carbocycles. The molecule has 8 heteroatoms. The molecule has 0 saturated carbocycles. The lowest BCUT2D eigenvalue weighted by Crippen LogP contribution is -2.11. The molecule has 0 unspecified atom stereocenters. The minimum Gasteiger partial charge on any atom is -0.392 e. The fraction of sp³-hybridized carbons (Fsp3) is 0.0909. The molecule has 0 saturated heterocycles. The van der Waals surface area contributed by atoms with Crippen LogP contribution in [0.2, 0.25) is 5.02 Å². The number of benzene rings is 1. The summed E-state index contributed by atoms with van der Waals surface area (Å²) >= 11 is 6.57. The zero-order valence-corrected chi connectivity index (χ0v) is 11.8. The molecule has 2 aromatic rings. The van der Waals surface area contributed by atoms with E-state index in [4.69, 9.17) is 16.7 Å². The Bertz CT molecular complexity index is 700. The predicted octanol–water partition coefficient (Wildman–Crippen LogP) is 2.83. The van der Waals surface area contributed by atoms with Crippen LogP contribution in [0, 0.1) is 5.82 Å². The van der Waals surface area contributed by atoms with E-state index in [0.29, 0.717) is 5.56 Å². The number of sulfonamides is 1. The molecular formula is C11H9ClFNO3S2. The second-order valence-electron chi connectivity index (χ2n) is 3.67. The molecule has 0 amide bonds. The van der Waals surface area contributed by atoms with Crippen LogP contribution in [0.5, 0.6) is 0 Å². The van der Waals surface area contributed by atoms with Gasteiger partial charge in [-0.2, -0.15) is 0 Å². The Kier molecular flexibility index (Phi) is 4.10. The van der Waals surface area contributed by atoms with Crippen LogP contribution in [-0.2, 0) is 16.6 Å². The number of aliphatic hydroxyl groups is 1.